The fourth-order valence-corrected chi connectivity index (χ4v) is 1.88. The first-order valence-electron chi connectivity index (χ1n) is 5.57. The molecule has 88 valence electrons. The monoisotopic (exact) mass is 236 g/mol. The number of primary amides is 1. The van der Waals surface area contributed by atoms with Gasteiger partial charge in [-0.05, 0) is 28.8 Å². The second kappa shape index (κ2) is 5.15. The summed E-state index contributed by atoms with van der Waals surface area (Å²) in [6, 6.07) is 17.1. The molecule has 0 spiro atoms. The van der Waals surface area contributed by atoms with Crippen molar-refractivity contribution in [1.29, 1.82) is 5.26 Å². The van der Waals surface area contributed by atoms with E-state index in [4.69, 9.17) is 11.0 Å². The number of nitrogens with zero attached hydrogens (tertiary/aromatic N) is 1. The molecule has 0 aliphatic heterocycles. The van der Waals surface area contributed by atoms with Crippen molar-refractivity contribution in [2.45, 2.75) is 6.42 Å². The number of rotatable bonds is 3. The van der Waals surface area contributed by atoms with Crippen molar-refractivity contribution < 1.29 is 4.79 Å². The van der Waals surface area contributed by atoms with Gasteiger partial charge in [-0.1, -0.05) is 36.4 Å². The van der Waals surface area contributed by atoms with Gasteiger partial charge in [-0.2, -0.15) is 5.26 Å². The zero-order valence-electron chi connectivity index (χ0n) is 9.76. The molecule has 2 aromatic carbocycles. The normalized spacial score (nSPS) is 9.72. The third kappa shape index (κ3) is 2.38. The number of nitriles is 1. The standard InChI is InChI=1S/C15H12N2O/c16-9-8-12-10-13(15(17)18)6-7-14(12)11-4-2-1-3-5-11/h1-7,10H,8H2,(H2,17,18). The number of benzene rings is 2. The molecule has 0 aliphatic rings. The first-order chi connectivity index (χ1) is 8.72. The molecule has 2 aromatic rings. The third-order valence-electron chi connectivity index (χ3n) is 2.74. The molecule has 3 nitrogen and oxygen atoms in total. The Morgan fingerprint density at radius 1 is 1.17 bits per heavy atom. The van der Waals surface area contributed by atoms with Crippen molar-refractivity contribution in [3.05, 3.63) is 59.7 Å². The minimum Gasteiger partial charge on any atom is -0.366 e. The minimum absolute atomic E-state index is 0.255. The van der Waals surface area contributed by atoms with Crippen LogP contribution in [0.15, 0.2) is 48.5 Å². The Labute approximate surface area is 105 Å². The summed E-state index contributed by atoms with van der Waals surface area (Å²) >= 11 is 0. The molecule has 0 fully saturated rings. The van der Waals surface area contributed by atoms with Crippen molar-refractivity contribution >= 4 is 5.91 Å². The van der Waals surface area contributed by atoms with Gasteiger partial charge >= 0.3 is 0 Å². The molecule has 0 aromatic heterocycles. The largest absolute Gasteiger partial charge is 0.366 e. The third-order valence-corrected chi connectivity index (χ3v) is 2.74. The summed E-state index contributed by atoms with van der Waals surface area (Å²) in [6.07, 6.45) is 0.255. The lowest BCUT2D eigenvalue weighted by atomic mass is 9.96. The van der Waals surface area contributed by atoms with Gasteiger partial charge in [-0.15, -0.1) is 0 Å². The van der Waals surface area contributed by atoms with Crippen LogP contribution in [0.2, 0.25) is 0 Å². The topological polar surface area (TPSA) is 66.9 Å². The lowest BCUT2D eigenvalue weighted by molar-refractivity contribution is 0.1000. The Morgan fingerprint density at radius 3 is 2.50 bits per heavy atom. The second-order valence-corrected chi connectivity index (χ2v) is 3.94. The minimum atomic E-state index is -0.478. The molecule has 3 heteroatoms. The van der Waals surface area contributed by atoms with Gasteiger partial charge in [-0.3, -0.25) is 4.79 Å². The van der Waals surface area contributed by atoms with Crippen molar-refractivity contribution in [2.24, 2.45) is 5.73 Å². The van der Waals surface area contributed by atoms with Gasteiger partial charge in [-0.25, -0.2) is 0 Å². The molecule has 0 saturated heterocycles. The summed E-state index contributed by atoms with van der Waals surface area (Å²) in [5, 5.41) is 8.85. The van der Waals surface area contributed by atoms with E-state index in [0.29, 0.717) is 5.56 Å². The van der Waals surface area contributed by atoms with E-state index in [-0.39, 0.29) is 6.42 Å². The van der Waals surface area contributed by atoms with Crippen molar-refractivity contribution in [1.82, 2.24) is 0 Å². The molecule has 0 unspecified atom stereocenters. The molecule has 1 amide bonds. The van der Waals surface area contributed by atoms with Crippen LogP contribution in [0.25, 0.3) is 11.1 Å². The fourth-order valence-electron chi connectivity index (χ4n) is 1.88. The predicted octanol–water partition coefficient (Wildman–Crippen LogP) is 2.52. The zero-order valence-corrected chi connectivity index (χ0v) is 9.76. The average Bonchev–Trinajstić information content (AvgIpc) is 2.40. The number of carbonyl (C=O) groups excluding carboxylic acids is 1. The van der Waals surface area contributed by atoms with Crippen LogP contribution in [0, 0.1) is 11.3 Å². The lowest BCUT2D eigenvalue weighted by Gasteiger charge is -2.08. The molecule has 0 saturated carbocycles. The summed E-state index contributed by atoms with van der Waals surface area (Å²) in [5.41, 5.74) is 8.48. The van der Waals surface area contributed by atoms with E-state index in [1.54, 1.807) is 12.1 Å². The highest BCUT2D eigenvalue weighted by atomic mass is 16.1. The van der Waals surface area contributed by atoms with E-state index in [1.165, 1.54) is 0 Å². The SMILES string of the molecule is N#CCc1cc(C(N)=O)ccc1-c1ccccc1. The maximum atomic E-state index is 11.1. The first kappa shape index (κ1) is 11.9. The van der Waals surface area contributed by atoms with Gasteiger partial charge in [0.25, 0.3) is 0 Å². The Bertz CT molecular complexity index is 612. The molecule has 2 N–H and O–H groups in total. The summed E-state index contributed by atoms with van der Waals surface area (Å²) in [4.78, 5) is 11.1. The highest BCUT2D eigenvalue weighted by Gasteiger charge is 2.08. The van der Waals surface area contributed by atoms with Gasteiger partial charge in [0, 0.05) is 5.56 Å². The van der Waals surface area contributed by atoms with E-state index in [1.807, 2.05) is 36.4 Å². The van der Waals surface area contributed by atoms with Gasteiger partial charge in [0.15, 0.2) is 0 Å². The van der Waals surface area contributed by atoms with Crippen molar-refractivity contribution in [3.63, 3.8) is 0 Å². The maximum Gasteiger partial charge on any atom is 0.248 e. The molecule has 0 heterocycles. The van der Waals surface area contributed by atoms with Crippen LogP contribution in [0.3, 0.4) is 0 Å². The van der Waals surface area contributed by atoms with E-state index < -0.39 is 5.91 Å². The number of hydrogen-bond donors (Lipinski definition) is 1. The lowest BCUT2D eigenvalue weighted by Crippen LogP contribution is -2.11. The molecule has 18 heavy (non-hydrogen) atoms. The van der Waals surface area contributed by atoms with Gasteiger partial charge in [0.05, 0.1) is 12.5 Å². The van der Waals surface area contributed by atoms with Crippen LogP contribution in [0.4, 0.5) is 0 Å². The van der Waals surface area contributed by atoms with Crippen LogP contribution in [-0.4, -0.2) is 5.91 Å². The molecule has 0 aliphatic carbocycles. The second-order valence-electron chi connectivity index (χ2n) is 3.94. The maximum absolute atomic E-state index is 11.1. The number of nitrogens with two attached hydrogens (primary N) is 1. The fraction of sp³-hybridized carbons (Fsp3) is 0.0667. The van der Waals surface area contributed by atoms with E-state index in [2.05, 4.69) is 6.07 Å². The van der Waals surface area contributed by atoms with Gasteiger partial charge in [0.1, 0.15) is 0 Å². The highest BCUT2D eigenvalue weighted by molar-refractivity contribution is 5.93. The van der Waals surface area contributed by atoms with Crippen LogP contribution < -0.4 is 5.73 Å². The van der Waals surface area contributed by atoms with Crippen LogP contribution in [-0.2, 0) is 6.42 Å². The Balaban J connectivity index is 2.54. The van der Waals surface area contributed by atoms with Crippen LogP contribution in [0.5, 0.6) is 0 Å². The first-order valence-corrected chi connectivity index (χ1v) is 5.57. The summed E-state index contributed by atoms with van der Waals surface area (Å²) in [5.74, 6) is -0.478. The quantitative estimate of drug-likeness (QED) is 0.889. The Hall–Kier alpha value is -2.60. The smallest absolute Gasteiger partial charge is 0.248 e. The van der Waals surface area contributed by atoms with Crippen LogP contribution >= 0.6 is 0 Å². The summed E-state index contributed by atoms with van der Waals surface area (Å²) < 4.78 is 0. The Morgan fingerprint density at radius 2 is 1.89 bits per heavy atom. The Kier molecular flexibility index (Phi) is 3.40. The van der Waals surface area contributed by atoms with Crippen molar-refractivity contribution in [2.75, 3.05) is 0 Å². The van der Waals surface area contributed by atoms with E-state index >= 15 is 0 Å². The molecule has 0 atom stereocenters. The molecular formula is C15H12N2O. The van der Waals surface area contributed by atoms with Crippen LogP contribution in [0.1, 0.15) is 15.9 Å². The molecule has 2 rings (SSSR count). The highest BCUT2D eigenvalue weighted by Crippen LogP contribution is 2.25. The van der Waals surface area contributed by atoms with E-state index in [9.17, 15) is 4.79 Å². The molecule has 0 bridgehead atoms. The molecular weight excluding hydrogens is 224 g/mol. The average molecular weight is 236 g/mol. The van der Waals surface area contributed by atoms with Gasteiger partial charge in [0.2, 0.25) is 5.91 Å². The summed E-state index contributed by atoms with van der Waals surface area (Å²) in [7, 11) is 0. The predicted molar refractivity (Wildman–Crippen MR) is 69.7 cm³/mol. The van der Waals surface area contributed by atoms with E-state index in [0.717, 1.165) is 16.7 Å². The molecule has 0 radical (unpaired) electrons. The number of hydrogen-bond acceptors (Lipinski definition) is 2. The van der Waals surface area contributed by atoms with Crippen molar-refractivity contribution in [3.8, 4) is 17.2 Å². The summed E-state index contributed by atoms with van der Waals surface area (Å²) in [6.45, 7) is 0. The number of carbonyl (C=O) groups is 1. The zero-order chi connectivity index (χ0) is 13.0. The van der Waals surface area contributed by atoms with Gasteiger partial charge < -0.3 is 5.73 Å². The number of amides is 1.